The Balaban J connectivity index is 2.08. The molecule has 5 nitrogen and oxygen atoms in total. The van der Waals surface area contributed by atoms with E-state index in [0.29, 0.717) is 22.7 Å². The van der Waals surface area contributed by atoms with E-state index in [-0.39, 0.29) is 10.7 Å². The van der Waals surface area contributed by atoms with Gasteiger partial charge in [0.15, 0.2) is 4.67 Å². The van der Waals surface area contributed by atoms with E-state index in [4.69, 9.17) is 16.0 Å². The highest BCUT2D eigenvalue weighted by Gasteiger charge is 2.12. The van der Waals surface area contributed by atoms with Crippen LogP contribution in [0.25, 0.3) is 0 Å². The van der Waals surface area contributed by atoms with E-state index < -0.39 is 4.92 Å². The van der Waals surface area contributed by atoms with Gasteiger partial charge in [-0.25, -0.2) is 0 Å². The van der Waals surface area contributed by atoms with Gasteiger partial charge in [-0.2, -0.15) is 0 Å². The van der Waals surface area contributed by atoms with Gasteiger partial charge in [-0.3, -0.25) is 10.1 Å². The topological polar surface area (TPSA) is 68.3 Å². The van der Waals surface area contributed by atoms with Crippen LogP contribution in [0.4, 0.5) is 11.4 Å². The number of anilines is 1. The standard InChI is InChI=1S/C11H7Br2ClN2O3/c12-8-4-7(19-11(8)13)5-15-6-1-2-10(16(17)18)9(14)3-6/h1-4,15H,5H2. The molecule has 0 atom stereocenters. The lowest BCUT2D eigenvalue weighted by atomic mass is 10.3. The molecule has 2 aromatic rings. The molecular weight excluding hydrogens is 403 g/mol. The first kappa shape index (κ1) is 14.4. The summed E-state index contributed by atoms with van der Waals surface area (Å²) in [5.41, 5.74) is 0.565. The van der Waals surface area contributed by atoms with Crippen molar-refractivity contribution in [1.29, 1.82) is 0 Å². The Morgan fingerprint density at radius 3 is 2.63 bits per heavy atom. The van der Waals surface area contributed by atoms with Crippen molar-refractivity contribution in [3.8, 4) is 0 Å². The molecule has 0 aliphatic heterocycles. The Labute approximate surface area is 130 Å². The van der Waals surface area contributed by atoms with E-state index in [9.17, 15) is 10.1 Å². The summed E-state index contributed by atoms with van der Waals surface area (Å²) in [6, 6.07) is 6.28. The number of furan rings is 1. The molecule has 8 heteroatoms. The highest BCUT2D eigenvalue weighted by molar-refractivity contribution is 9.13. The van der Waals surface area contributed by atoms with Crippen LogP contribution in [0.15, 0.2) is 37.8 Å². The largest absolute Gasteiger partial charge is 0.451 e. The molecule has 1 heterocycles. The lowest BCUT2D eigenvalue weighted by molar-refractivity contribution is -0.384. The summed E-state index contributed by atoms with van der Waals surface area (Å²) in [5.74, 6) is 0.716. The van der Waals surface area contributed by atoms with Gasteiger partial charge < -0.3 is 9.73 Å². The summed E-state index contributed by atoms with van der Waals surface area (Å²) in [6.45, 7) is 0.443. The van der Waals surface area contributed by atoms with Crippen LogP contribution in [0.2, 0.25) is 5.02 Å². The van der Waals surface area contributed by atoms with E-state index >= 15 is 0 Å². The van der Waals surface area contributed by atoms with Crippen LogP contribution in [0, 0.1) is 10.1 Å². The van der Waals surface area contributed by atoms with Gasteiger partial charge in [-0.15, -0.1) is 0 Å². The minimum Gasteiger partial charge on any atom is -0.451 e. The lowest BCUT2D eigenvalue weighted by Crippen LogP contribution is -1.98. The fraction of sp³-hybridized carbons (Fsp3) is 0.0909. The number of nitro benzene ring substituents is 1. The maximum absolute atomic E-state index is 10.6. The predicted molar refractivity (Wildman–Crippen MR) is 79.5 cm³/mol. The zero-order chi connectivity index (χ0) is 14.0. The van der Waals surface area contributed by atoms with Crippen LogP contribution < -0.4 is 5.32 Å². The van der Waals surface area contributed by atoms with Crippen LogP contribution >= 0.6 is 43.5 Å². The third-order valence-corrected chi connectivity index (χ3v) is 4.32. The van der Waals surface area contributed by atoms with Crippen molar-refractivity contribution >= 4 is 54.8 Å². The van der Waals surface area contributed by atoms with Gasteiger partial charge in [0.25, 0.3) is 5.69 Å². The zero-order valence-electron chi connectivity index (χ0n) is 9.32. The summed E-state index contributed by atoms with van der Waals surface area (Å²) in [4.78, 5) is 10.1. The molecule has 1 aromatic heterocycles. The molecule has 0 radical (unpaired) electrons. The Morgan fingerprint density at radius 1 is 1.37 bits per heavy atom. The van der Waals surface area contributed by atoms with Crippen molar-refractivity contribution in [3.63, 3.8) is 0 Å². The molecule has 0 spiro atoms. The van der Waals surface area contributed by atoms with Crippen molar-refractivity contribution in [2.24, 2.45) is 0 Å². The molecule has 0 saturated carbocycles. The molecule has 0 unspecified atom stereocenters. The first-order valence-corrected chi connectivity index (χ1v) is 7.05. The predicted octanol–water partition coefficient (Wildman–Crippen LogP) is 4.98. The smallest absolute Gasteiger partial charge is 0.288 e. The van der Waals surface area contributed by atoms with Crippen LogP contribution in [0.5, 0.6) is 0 Å². The SMILES string of the molecule is O=[N+]([O-])c1ccc(NCc2cc(Br)c(Br)o2)cc1Cl. The summed E-state index contributed by atoms with van der Waals surface area (Å²) in [5, 5.41) is 13.8. The number of nitrogens with zero attached hydrogens (tertiary/aromatic N) is 1. The minimum absolute atomic E-state index is 0.0943. The molecule has 0 amide bonds. The fourth-order valence-corrected chi connectivity index (χ4v) is 2.34. The molecule has 19 heavy (non-hydrogen) atoms. The van der Waals surface area contributed by atoms with Gasteiger partial charge in [0, 0.05) is 11.8 Å². The molecule has 2 rings (SSSR count). The van der Waals surface area contributed by atoms with E-state index in [0.717, 1.165) is 4.47 Å². The van der Waals surface area contributed by atoms with Gasteiger partial charge >= 0.3 is 0 Å². The third kappa shape index (κ3) is 3.49. The highest BCUT2D eigenvalue weighted by Crippen LogP contribution is 2.29. The Kier molecular flexibility index (Phi) is 4.49. The van der Waals surface area contributed by atoms with Crippen LogP contribution in [0.3, 0.4) is 0 Å². The quantitative estimate of drug-likeness (QED) is 0.570. The second kappa shape index (κ2) is 5.94. The van der Waals surface area contributed by atoms with Crippen molar-refractivity contribution in [1.82, 2.24) is 0 Å². The molecule has 0 bridgehead atoms. The molecule has 0 aliphatic rings. The number of rotatable bonds is 4. The summed E-state index contributed by atoms with van der Waals surface area (Å²) < 4.78 is 6.84. The molecule has 1 N–H and O–H groups in total. The molecule has 1 aromatic carbocycles. The third-order valence-electron chi connectivity index (χ3n) is 2.31. The van der Waals surface area contributed by atoms with Crippen molar-refractivity contribution in [3.05, 3.63) is 54.3 Å². The Morgan fingerprint density at radius 2 is 2.11 bits per heavy atom. The number of halogens is 3. The van der Waals surface area contributed by atoms with Gasteiger partial charge in [0.1, 0.15) is 10.8 Å². The van der Waals surface area contributed by atoms with Gasteiger partial charge in [0.05, 0.1) is 15.9 Å². The average molecular weight is 410 g/mol. The minimum atomic E-state index is -0.521. The Hall–Kier alpha value is -1.05. The summed E-state index contributed by atoms with van der Waals surface area (Å²) in [6.07, 6.45) is 0. The van der Waals surface area contributed by atoms with E-state index in [1.54, 1.807) is 6.07 Å². The monoisotopic (exact) mass is 408 g/mol. The van der Waals surface area contributed by atoms with Crippen molar-refractivity contribution in [2.45, 2.75) is 6.54 Å². The number of hydrogen-bond donors (Lipinski definition) is 1. The first-order valence-electron chi connectivity index (χ1n) is 5.09. The van der Waals surface area contributed by atoms with E-state index in [1.165, 1.54) is 12.1 Å². The second-order valence-corrected chi connectivity index (χ2v) is 5.59. The molecule has 100 valence electrons. The van der Waals surface area contributed by atoms with Crippen LogP contribution in [-0.2, 0) is 6.54 Å². The fourth-order valence-electron chi connectivity index (χ4n) is 1.43. The molecule has 0 saturated heterocycles. The number of benzene rings is 1. The number of nitrogens with one attached hydrogen (secondary N) is 1. The lowest BCUT2D eigenvalue weighted by Gasteiger charge is -2.04. The van der Waals surface area contributed by atoms with Gasteiger partial charge in [-0.1, -0.05) is 11.6 Å². The zero-order valence-corrected chi connectivity index (χ0v) is 13.3. The number of hydrogen-bond acceptors (Lipinski definition) is 4. The summed E-state index contributed by atoms with van der Waals surface area (Å²) in [7, 11) is 0. The molecule has 0 aliphatic carbocycles. The maximum Gasteiger partial charge on any atom is 0.288 e. The van der Waals surface area contributed by atoms with Crippen LogP contribution in [0.1, 0.15) is 5.76 Å². The highest BCUT2D eigenvalue weighted by atomic mass is 79.9. The van der Waals surface area contributed by atoms with Gasteiger partial charge in [0.2, 0.25) is 0 Å². The van der Waals surface area contributed by atoms with Gasteiger partial charge in [-0.05, 0) is 50.1 Å². The van der Waals surface area contributed by atoms with E-state index in [2.05, 4.69) is 37.2 Å². The van der Waals surface area contributed by atoms with Crippen molar-refractivity contribution in [2.75, 3.05) is 5.32 Å². The van der Waals surface area contributed by atoms with Crippen LogP contribution in [-0.4, -0.2) is 4.92 Å². The van der Waals surface area contributed by atoms with E-state index in [1.807, 2.05) is 6.07 Å². The Bertz CT molecular complexity index is 611. The summed E-state index contributed by atoms with van der Waals surface area (Å²) >= 11 is 12.4. The van der Waals surface area contributed by atoms with Crippen molar-refractivity contribution < 1.29 is 9.34 Å². The molecular formula is C11H7Br2ClN2O3. The number of nitro groups is 1. The molecule has 0 fully saturated rings. The second-order valence-electron chi connectivity index (χ2n) is 3.61. The maximum atomic E-state index is 10.6. The normalized spacial score (nSPS) is 10.5. The first-order chi connectivity index (χ1) is 8.97. The average Bonchev–Trinajstić information content (AvgIpc) is 2.66.